The van der Waals surface area contributed by atoms with Crippen LogP contribution < -0.4 is 5.32 Å². The highest BCUT2D eigenvalue weighted by molar-refractivity contribution is 5.94. The van der Waals surface area contributed by atoms with Gasteiger partial charge in [0.15, 0.2) is 0 Å². The summed E-state index contributed by atoms with van der Waals surface area (Å²) in [5.74, 6) is -0.589. The summed E-state index contributed by atoms with van der Waals surface area (Å²) in [5.41, 5.74) is 0. The molecule has 1 atom stereocenters. The van der Waals surface area contributed by atoms with E-state index in [1.54, 1.807) is 6.92 Å². The molecule has 2 saturated heterocycles. The number of rotatable bonds is 5. The van der Waals surface area contributed by atoms with Crippen molar-refractivity contribution < 1.29 is 19.1 Å². The third-order valence-corrected chi connectivity index (χ3v) is 3.34. The van der Waals surface area contributed by atoms with E-state index in [1.165, 1.54) is 0 Å². The van der Waals surface area contributed by atoms with Gasteiger partial charge < -0.3 is 19.7 Å². The maximum atomic E-state index is 12.2. The van der Waals surface area contributed by atoms with Crippen molar-refractivity contribution in [3.8, 4) is 0 Å². The molecule has 2 heterocycles. The number of ether oxygens (including phenoxy) is 2. The fourth-order valence-electron chi connectivity index (χ4n) is 2.34. The van der Waals surface area contributed by atoms with Gasteiger partial charge in [0.2, 0.25) is 5.91 Å². The van der Waals surface area contributed by atoms with Crippen LogP contribution in [-0.4, -0.2) is 61.8 Å². The molecule has 6 nitrogen and oxygen atoms in total. The minimum absolute atomic E-state index is 0.110. The first-order valence-corrected chi connectivity index (χ1v) is 6.47. The van der Waals surface area contributed by atoms with Crippen LogP contribution in [0.5, 0.6) is 0 Å². The Balaban J connectivity index is 1.94. The summed E-state index contributed by atoms with van der Waals surface area (Å²) in [6.07, 6.45) is 0.686. The lowest BCUT2D eigenvalue weighted by Crippen LogP contribution is -2.62. The topological polar surface area (TPSA) is 67.9 Å². The predicted molar refractivity (Wildman–Crippen MR) is 64.0 cm³/mol. The summed E-state index contributed by atoms with van der Waals surface area (Å²) < 4.78 is 10.2. The molecule has 1 amide bonds. The van der Waals surface area contributed by atoms with Gasteiger partial charge in [0.25, 0.3) is 0 Å². The molecule has 2 aliphatic rings. The van der Waals surface area contributed by atoms with Gasteiger partial charge >= 0.3 is 5.97 Å². The Bertz CT molecular complexity index is 311. The number of carbonyl (C=O) groups excluding carboxylic acids is 2. The minimum Gasteiger partial charge on any atom is -0.466 e. The number of carbonyl (C=O) groups is 2. The first-order chi connectivity index (χ1) is 8.72. The quantitative estimate of drug-likeness (QED) is 0.532. The number of esters is 1. The van der Waals surface area contributed by atoms with Crippen molar-refractivity contribution in [3.63, 3.8) is 0 Å². The summed E-state index contributed by atoms with van der Waals surface area (Å²) in [5, 5.41) is 3.15. The number of hydrogen-bond acceptors (Lipinski definition) is 5. The van der Waals surface area contributed by atoms with Gasteiger partial charge in [-0.15, -0.1) is 0 Å². The normalized spacial score (nSPS) is 23.5. The summed E-state index contributed by atoms with van der Waals surface area (Å²) in [6.45, 7) is 4.90. The largest absolute Gasteiger partial charge is 0.466 e. The summed E-state index contributed by atoms with van der Waals surface area (Å²) in [7, 11) is 0. The van der Waals surface area contributed by atoms with Crippen molar-refractivity contribution >= 4 is 11.9 Å². The molecule has 1 unspecified atom stereocenters. The average Bonchev–Trinajstić information content (AvgIpc) is 2.75. The highest BCUT2D eigenvalue weighted by Crippen LogP contribution is 2.19. The molecule has 2 fully saturated rings. The Hall–Kier alpha value is -1.14. The number of nitrogens with zero attached hydrogens (tertiary/aromatic N) is 1. The lowest BCUT2D eigenvalue weighted by atomic mass is 10.1. The Morgan fingerprint density at radius 2 is 2.17 bits per heavy atom. The van der Waals surface area contributed by atoms with Gasteiger partial charge in [-0.2, -0.15) is 0 Å². The molecule has 0 aliphatic carbocycles. The van der Waals surface area contributed by atoms with E-state index < -0.39 is 5.97 Å². The smallest absolute Gasteiger partial charge is 0.315 e. The van der Waals surface area contributed by atoms with Gasteiger partial charge in [-0.05, 0) is 13.3 Å². The van der Waals surface area contributed by atoms with Crippen molar-refractivity contribution in [2.24, 2.45) is 0 Å². The van der Waals surface area contributed by atoms with Crippen LogP contribution in [0.3, 0.4) is 0 Å². The monoisotopic (exact) mass is 256 g/mol. The summed E-state index contributed by atoms with van der Waals surface area (Å²) in [6, 6.07) is 0.303. The molecule has 18 heavy (non-hydrogen) atoms. The molecule has 0 bridgehead atoms. The highest BCUT2D eigenvalue weighted by Gasteiger charge is 2.36. The van der Waals surface area contributed by atoms with Crippen LogP contribution in [0.15, 0.2) is 0 Å². The second-order valence-electron chi connectivity index (χ2n) is 4.61. The molecule has 102 valence electrons. The fraction of sp³-hybridized carbons (Fsp3) is 0.833. The first kappa shape index (κ1) is 13.3. The SMILES string of the molecule is CCOC(=O)CC(=O)N(C1CNC1)C1CCOC1. The molecule has 0 radical (unpaired) electrons. The molecule has 6 heteroatoms. The van der Waals surface area contributed by atoms with Crippen LogP contribution in [0, 0.1) is 0 Å². The number of amides is 1. The lowest BCUT2D eigenvalue weighted by molar-refractivity contribution is -0.151. The van der Waals surface area contributed by atoms with Crippen LogP contribution in [-0.2, 0) is 19.1 Å². The van der Waals surface area contributed by atoms with Crippen LogP contribution in [0.2, 0.25) is 0 Å². The maximum absolute atomic E-state index is 12.2. The zero-order chi connectivity index (χ0) is 13.0. The van der Waals surface area contributed by atoms with Crippen LogP contribution >= 0.6 is 0 Å². The van der Waals surface area contributed by atoms with Gasteiger partial charge in [0, 0.05) is 19.7 Å². The van der Waals surface area contributed by atoms with Crippen molar-refractivity contribution in [2.45, 2.75) is 31.8 Å². The molecule has 0 aromatic heterocycles. The second kappa shape index (κ2) is 6.15. The van der Waals surface area contributed by atoms with Gasteiger partial charge in [0.1, 0.15) is 6.42 Å². The Kier molecular flexibility index (Phi) is 4.54. The summed E-state index contributed by atoms with van der Waals surface area (Å²) in [4.78, 5) is 25.4. The maximum Gasteiger partial charge on any atom is 0.315 e. The Morgan fingerprint density at radius 3 is 2.67 bits per heavy atom. The first-order valence-electron chi connectivity index (χ1n) is 6.47. The van der Waals surface area contributed by atoms with E-state index in [-0.39, 0.29) is 24.4 Å². The number of nitrogens with one attached hydrogen (secondary N) is 1. The Labute approximate surface area is 107 Å². The zero-order valence-corrected chi connectivity index (χ0v) is 10.7. The standard InChI is InChI=1S/C12H20N2O4/c1-2-18-12(16)5-11(15)14(10-6-13-7-10)9-3-4-17-8-9/h9-10,13H,2-8H2,1H3. The van der Waals surface area contributed by atoms with E-state index in [0.717, 1.165) is 19.5 Å². The van der Waals surface area contributed by atoms with Gasteiger partial charge in [-0.1, -0.05) is 0 Å². The zero-order valence-electron chi connectivity index (χ0n) is 10.7. The van der Waals surface area contributed by atoms with E-state index >= 15 is 0 Å². The van der Waals surface area contributed by atoms with Gasteiger partial charge in [-0.3, -0.25) is 9.59 Å². The van der Waals surface area contributed by atoms with Crippen LogP contribution in [0.25, 0.3) is 0 Å². The van der Waals surface area contributed by atoms with Crippen molar-refractivity contribution in [3.05, 3.63) is 0 Å². The molecule has 0 saturated carbocycles. The molecule has 1 N–H and O–H groups in total. The molecule has 0 spiro atoms. The van der Waals surface area contributed by atoms with Crippen molar-refractivity contribution in [1.82, 2.24) is 10.2 Å². The third kappa shape index (κ3) is 3.00. The minimum atomic E-state index is -0.446. The second-order valence-corrected chi connectivity index (χ2v) is 4.61. The molecular weight excluding hydrogens is 236 g/mol. The van der Waals surface area contributed by atoms with E-state index in [9.17, 15) is 9.59 Å². The third-order valence-electron chi connectivity index (χ3n) is 3.34. The van der Waals surface area contributed by atoms with E-state index in [0.29, 0.717) is 19.8 Å². The Morgan fingerprint density at radius 1 is 1.39 bits per heavy atom. The number of hydrogen-bond donors (Lipinski definition) is 1. The molecule has 0 aromatic rings. The molecule has 0 aromatic carbocycles. The van der Waals surface area contributed by atoms with Crippen molar-refractivity contribution in [2.75, 3.05) is 32.9 Å². The van der Waals surface area contributed by atoms with E-state index in [4.69, 9.17) is 9.47 Å². The molecule has 2 rings (SSSR count). The van der Waals surface area contributed by atoms with E-state index in [1.807, 2.05) is 4.90 Å². The van der Waals surface area contributed by atoms with Crippen LogP contribution in [0.1, 0.15) is 19.8 Å². The fourth-order valence-corrected chi connectivity index (χ4v) is 2.34. The van der Waals surface area contributed by atoms with Crippen molar-refractivity contribution in [1.29, 1.82) is 0 Å². The van der Waals surface area contributed by atoms with E-state index in [2.05, 4.69) is 5.32 Å². The molecular formula is C12H20N2O4. The average molecular weight is 256 g/mol. The molecule has 2 aliphatic heterocycles. The van der Waals surface area contributed by atoms with Gasteiger partial charge in [0.05, 0.1) is 25.3 Å². The van der Waals surface area contributed by atoms with Gasteiger partial charge in [-0.25, -0.2) is 0 Å². The summed E-state index contributed by atoms with van der Waals surface area (Å²) >= 11 is 0. The lowest BCUT2D eigenvalue weighted by Gasteiger charge is -2.41. The predicted octanol–water partition coefficient (Wildman–Crippen LogP) is -0.471. The highest BCUT2D eigenvalue weighted by atomic mass is 16.5. The van der Waals surface area contributed by atoms with Crippen LogP contribution in [0.4, 0.5) is 0 Å².